The third-order valence-corrected chi connectivity index (χ3v) is 4.56. The number of carboxylic acid groups (broad SMARTS) is 1. The molecule has 0 aliphatic rings. The molecule has 2 rings (SSSR count). The van der Waals surface area contributed by atoms with Crippen LogP contribution in [-0.2, 0) is 33.5 Å². The van der Waals surface area contributed by atoms with E-state index in [4.69, 9.17) is 9.79 Å². The summed E-state index contributed by atoms with van der Waals surface area (Å²) in [6.07, 6.45) is 1.14. The van der Waals surface area contributed by atoms with Gasteiger partial charge in [0.15, 0.2) is 11.6 Å². The van der Waals surface area contributed by atoms with Crippen LogP contribution in [0.5, 0.6) is 11.5 Å². The Kier molecular flexibility index (Phi) is 7.28. The summed E-state index contributed by atoms with van der Waals surface area (Å²) in [5.74, 6) is -2.95. The number of carboxylic acids is 1. The van der Waals surface area contributed by atoms with Gasteiger partial charge in [-0.25, -0.2) is 8.96 Å². The molecule has 0 saturated carbocycles. The Morgan fingerprint density at radius 3 is 2.62 bits per heavy atom. The number of pyridine rings is 1. The van der Waals surface area contributed by atoms with E-state index in [1.807, 2.05) is 0 Å². The zero-order chi connectivity index (χ0) is 21.8. The first kappa shape index (κ1) is 22.7. The summed E-state index contributed by atoms with van der Waals surface area (Å²) in [4.78, 5) is 33.2. The fraction of sp³-hybridized carbons (Fsp3) is 0.294. The second kappa shape index (κ2) is 9.29. The van der Waals surface area contributed by atoms with E-state index in [-0.39, 0.29) is 35.5 Å². The molecule has 158 valence electrons. The van der Waals surface area contributed by atoms with E-state index >= 15 is 0 Å². The third kappa shape index (κ3) is 6.48. The molecule has 0 aliphatic heterocycles. The number of halogens is 1. The van der Waals surface area contributed by atoms with E-state index in [1.54, 1.807) is 0 Å². The number of aliphatic carboxylic acids is 1. The lowest BCUT2D eigenvalue weighted by atomic mass is 10.0. The van der Waals surface area contributed by atoms with Gasteiger partial charge < -0.3 is 25.1 Å². The van der Waals surface area contributed by atoms with Gasteiger partial charge >= 0.3 is 13.8 Å². The zero-order valence-corrected chi connectivity index (χ0v) is 16.1. The van der Waals surface area contributed by atoms with Crippen molar-refractivity contribution in [2.24, 2.45) is 0 Å². The molecule has 0 saturated heterocycles. The number of phosphoric ester groups is 1. The van der Waals surface area contributed by atoms with Crippen molar-refractivity contribution < 1.29 is 43.4 Å². The van der Waals surface area contributed by atoms with Crippen LogP contribution >= 0.6 is 7.82 Å². The maximum atomic E-state index is 13.5. The highest BCUT2D eigenvalue weighted by atomic mass is 31.2. The summed E-state index contributed by atoms with van der Waals surface area (Å²) in [5, 5.41) is 31.6. The number of phosphoric acid groups is 1. The monoisotopic (exact) mass is 430 g/mol. The molecule has 1 aromatic heterocycles. The Balaban J connectivity index is 2.19. The van der Waals surface area contributed by atoms with Crippen LogP contribution in [0.25, 0.3) is 0 Å². The summed E-state index contributed by atoms with van der Waals surface area (Å²) in [5.41, 5.74) is 0.868. The fourth-order valence-corrected chi connectivity index (χ4v) is 2.85. The minimum Gasteiger partial charge on any atom is -0.506 e. The van der Waals surface area contributed by atoms with Gasteiger partial charge in [-0.3, -0.25) is 19.6 Å². The Bertz CT molecular complexity index is 949. The highest BCUT2D eigenvalue weighted by molar-refractivity contribution is 7.46. The summed E-state index contributed by atoms with van der Waals surface area (Å²) < 4.78 is 28.8. The molecule has 12 heteroatoms. The number of carbonyl (C=O) groups is 1. The first-order valence-electron chi connectivity index (χ1n) is 8.28. The number of nitrogens with zero attached hydrogens (tertiary/aromatic N) is 1. The molecule has 0 aliphatic carbocycles. The van der Waals surface area contributed by atoms with Gasteiger partial charge in [0.05, 0.1) is 12.3 Å². The molecule has 1 unspecified atom stereocenters. The molecule has 1 heterocycles. The average molecular weight is 430 g/mol. The minimum absolute atomic E-state index is 0.119. The van der Waals surface area contributed by atoms with Crippen LogP contribution < -0.4 is 5.32 Å². The fourth-order valence-electron chi connectivity index (χ4n) is 2.54. The highest BCUT2D eigenvalue weighted by Crippen LogP contribution is 2.38. The van der Waals surface area contributed by atoms with Crippen molar-refractivity contribution in [3.8, 4) is 11.5 Å². The van der Waals surface area contributed by atoms with Crippen LogP contribution in [0.4, 0.5) is 4.39 Å². The predicted octanol–water partition coefficient (Wildman–Crippen LogP) is 1.34. The molecule has 0 amide bonds. The zero-order valence-electron chi connectivity index (χ0n) is 15.2. The Labute approximate surface area is 164 Å². The lowest BCUT2D eigenvalue weighted by Crippen LogP contribution is -2.38. The number of phenolic OH excluding ortho intramolecular Hbond substituents is 1. The molecule has 10 nitrogen and oxygen atoms in total. The number of hydrogen-bond acceptors (Lipinski definition) is 7. The number of phenols is 1. The summed E-state index contributed by atoms with van der Waals surface area (Å²) in [6.45, 7) is 0.760. The van der Waals surface area contributed by atoms with Gasteiger partial charge in [0.2, 0.25) is 0 Å². The Hall–Kier alpha value is -2.56. The number of aromatic hydroxyl groups is 2. The van der Waals surface area contributed by atoms with Gasteiger partial charge in [-0.1, -0.05) is 6.07 Å². The van der Waals surface area contributed by atoms with Gasteiger partial charge in [-0.15, -0.1) is 0 Å². The standard InChI is InChI=1S/C17H20FN2O8P/c1-9-16(22)12(11(6-19-9)8-28-29(25,26)27)7-20-14(17(23)24)5-10-2-3-15(21)13(18)4-10/h2-4,6,14,20-22H,5,7-8H2,1H3,(H,23,24)(H2,25,26,27). The maximum Gasteiger partial charge on any atom is 0.469 e. The smallest absolute Gasteiger partial charge is 0.469 e. The van der Waals surface area contributed by atoms with Crippen molar-refractivity contribution in [1.29, 1.82) is 0 Å². The molecule has 1 atom stereocenters. The van der Waals surface area contributed by atoms with Crippen molar-refractivity contribution in [2.45, 2.75) is 32.5 Å². The molecule has 6 N–H and O–H groups in total. The highest BCUT2D eigenvalue weighted by Gasteiger charge is 2.22. The summed E-state index contributed by atoms with van der Waals surface area (Å²) >= 11 is 0. The van der Waals surface area contributed by atoms with Crippen molar-refractivity contribution in [2.75, 3.05) is 0 Å². The molecular formula is C17H20FN2O8P. The van der Waals surface area contributed by atoms with Crippen LogP contribution in [0.2, 0.25) is 0 Å². The summed E-state index contributed by atoms with van der Waals surface area (Å²) in [7, 11) is -4.77. The third-order valence-electron chi connectivity index (χ3n) is 4.09. The number of aryl methyl sites for hydroxylation is 1. The van der Waals surface area contributed by atoms with Crippen LogP contribution in [-0.4, -0.2) is 42.1 Å². The van der Waals surface area contributed by atoms with E-state index in [0.717, 1.165) is 12.1 Å². The number of nitrogens with one attached hydrogen (secondary N) is 1. The van der Waals surface area contributed by atoms with Crippen LogP contribution in [0.15, 0.2) is 24.4 Å². The topological polar surface area (TPSA) is 169 Å². The average Bonchev–Trinajstić information content (AvgIpc) is 2.62. The van der Waals surface area contributed by atoms with Gasteiger partial charge in [0, 0.05) is 23.9 Å². The van der Waals surface area contributed by atoms with E-state index < -0.39 is 38.0 Å². The van der Waals surface area contributed by atoms with E-state index in [9.17, 15) is 29.1 Å². The van der Waals surface area contributed by atoms with Crippen molar-refractivity contribution >= 4 is 13.8 Å². The SMILES string of the molecule is Cc1ncc(COP(=O)(O)O)c(CNC(Cc2ccc(O)c(F)c2)C(=O)O)c1O. The van der Waals surface area contributed by atoms with Gasteiger partial charge in [-0.2, -0.15) is 0 Å². The Morgan fingerprint density at radius 1 is 1.34 bits per heavy atom. The molecule has 1 aromatic carbocycles. The van der Waals surface area contributed by atoms with Crippen molar-refractivity contribution in [1.82, 2.24) is 10.3 Å². The van der Waals surface area contributed by atoms with E-state index in [1.165, 1.54) is 19.2 Å². The first-order valence-corrected chi connectivity index (χ1v) is 9.81. The molecule has 0 fully saturated rings. The van der Waals surface area contributed by atoms with Crippen molar-refractivity contribution in [3.63, 3.8) is 0 Å². The van der Waals surface area contributed by atoms with Crippen LogP contribution in [0.1, 0.15) is 22.4 Å². The summed E-state index contributed by atoms with van der Waals surface area (Å²) in [6, 6.07) is 2.32. The van der Waals surface area contributed by atoms with Crippen LogP contribution in [0, 0.1) is 12.7 Å². The molecule has 29 heavy (non-hydrogen) atoms. The first-order chi connectivity index (χ1) is 13.5. The van der Waals surface area contributed by atoms with E-state index in [0.29, 0.717) is 5.56 Å². The number of hydrogen-bond donors (Lipinski definition) is 6. The maximum absolute atomic E-state index is 13.5. The second-order valence-corrected chi connectivity index (χ2v) is 7.46. The molecule has 0 bridgehead atoms. The van der Waals surface area contributed by atoms with Crippen molar-refractivity contribution in [3.05, 3.63) is 52.6 Å². The minimum atomic E-state index is -4.77. The number of benzene rings is 1. The lowest BCUT2D eigenvalue weighted by molar-refractivity contribution is -0.139. The molecule has 2 aromatic rings. The molecule has 0 spiro atoms. The Morgan fingerprint density at radius 2 is 2.03 bits per heavy atom. The van der Waals surface area contributed by atoms with E-state index in [2.05, 4.69) is 14.8 Å². The van der Waals surface area contributed by atoms with Gasteiger partial charge in [-0.05, 0) is 31.0 Å². The molecular weight excluding hydrogens is 410 g/mol. The van der Waals surface area contributed by atoms with Gasteiger partial charge in [0.25, 0.3) is 0 Å². The normalized spacial score (nSPS) is 12.7. The van der Waals surface area contributed by atoms with Crippen LogP contribution in [0.3, 0.4) is 0 Å². The lowest BCUT2D eigenvalue weighted by Gasteiger charge is -2.18. The predicted molar refractivity (Wildman–Crippen MR) is 97.5 cm³/mol. The second-order valence-electron chi connectivity index (χ2n) is 6.22. The van der Waals surface area contributed by atoms with Gasteiger partial charge in [0.1, 0.15) is 11.8 Å². The molecule has 0 radical (unpaired) electrons. The largest absolute Gasteiger partial charge is 0.506 e. The quantitative estimate of drug-likeness (QED) is 0.319. The number of aromatic nitrogens is 1. The number of rotatable bonds is 9.